The van der Waals surface area contributed by atoms with Crippen molar-refractivity contribution in [2.45, 2.75) is 19.4 Å². The van der Waals surface area contributed by atoms with Crippen molar-refractivity contribution in [1.82, 2.24) is 10.6 Å². The van der Waals surface area contributed by atoms with E-state index in [2.05, 4.69) is 10.6 Å². The zero-order valence-corrected chi connectivity index (χ0v) is 10.8. The molecule has 0 heterocycles. The molecule has 1 aromatic rings. The van der Waals surface area contributed by atoms with Crippen molar-refractivity contribution < 1.29 is 14.0 Å². The van der Waals surface area contributed by atoms with Gasteiger partial charge in [-0.25, -0.2) is 4.39 Å². The topological polar surface area (TPSA) is 84.2 Å². The van der Waals surface area contributed by atoms with Crippen LogP contribution < -0.4 is 16.4 Å². The molecule has 19 heavy (non-hydrogen) atoms. The van der Waals surface area contributed by atoms with Gasteiger partial charge in [0.2, 0.25) is 11.8 Å². The summed E-state index contributed by atoms with van der Waals surface area (Å²) in [5, 5.41) is 5.04. The minimum Gasteiger partial charge on any atom is -0.352 e. The van der Waals surface area contributed by atoms with Crippen molar-refractivity contribution in [3.63, 3.8) is 0 Å². The highest BCUT2D eigenvalue weighted by Crippen LogP contribution is 2.08. The number of carbonyl (C=O) groups excluding carboxylic acids is 2. The molecule has 0 saturated heterocycles. The fraction of sp³-hybridized carbons (Fsp3) is 0.385. The zero-order valence-electron chi connectivity index (χ0n) is 10.8. The molecular formula is C13H18FN3O2. The van der Waals surface area contributed by atoms with Gasteiger partial charge in [-0.1, -0.05) is 18.2 Å². The van der Waals surface area contributed by atoms with Crippen molar-refractivity contribution in [2.75, 3.05) is 13.1 Å². The third-order valence-electron chi connectivity index (χ3n) is 2.52. The average Bonchev–Trinajstić information content (AvgIpc) is 2.38. The maximum absolute atomic E-state index is 13.4. The van der Waals surface area contributed by atoms with Crippen LogP contribution in [0.15, 0.2) is 24.3 Å². The highest BCUT2D eigenvalue weighted by molar-refractivity contribution is 5.85. The Morgan fingerprint density at radius 2 is 2.00 bits per heavy atom. The lowest BCUT2D eigenvalue weighted by Gasteiger charge is -2.14. The SMILES string of the molecule is CC(Cc1ccccc1F)NC(=O)CNC(=O)CN. The average molecular weight is 267 g/mol. The highest BCUT2D eigenvalue weighted by atomic mass is 19.1. The van der Waals surface area contributed by atoms with Gasteiger partial charge in [0.1, 0.15) is 5.82 Å². The van der Waals surface area contributed by atoms with E-state index in [0.717, 1.165) is 0 Å². The molecule has 0 fully saturated rings. The van der Waals surface area contributed by atoms with E-state index in [1.165, 1.54) is 6.07 Å². The molecule has 4 N–H and O–H groups in total. The quantitative estimate of drug-likeness (QED) is 0.675. The Labute approximate surface area is 111 Å². The lowest BCUT2D eigenvalue weighted by molar-refractivity contribution is -0.125. The Morgan fingerprint density at radius 1 is 1.32 bits per heavy atom. The van der Waals surface area contributed by atoms with Gasteiger partial charge in [0.05, 0.1) is 13.1 Å². The van der Waals surface area contributed by atoms with Crippen molar-refractivity contribution in [3.8, 4) is 0 Å². The van der Waals surface area contributed by atoms with Gasteiger partial charge in [0.15, 0.2) is 0 Å². The fourth-order valence-corrected chi connectivity index (χ4v) is 1.62. The maximum Gasteiger partial charge on any atom is 0.239 e. The zero-order chi connectivity index (χ0) is 14.3. The van der Waals surface area contributed by atoms with Gasteiger partial charge in [-0.05, 0) is 25.0 Å². The van der Waals surface area contributed by atoms with E-state index in [1.54, 1.807) is 25.1 Å². The van der Waals surface area contributed by atoms with E-state index < -0.39 is 5.91 Å². The summed E-state index contributed by atoms with van der Waals surface area (Å²) in [5.74, 6) is -1.01. The molecule has 104 valence electrons. The Bertz CT molecular complexity index is 451. The molecule has 0 bridgehead atoms. The molecule has 1 atom stereocenters. The second-order valence-corrected chi connectivity index (χ2v) is 4.24. The molecule has 0 spiro atoms. The summed E-state index contributed by atoms with van der Waals surface area (Å²) in [4.78, 5) is 22.4. The van der Waals surface area contributed by atoms with Gasteiger partial charge in [0.25, 0.3) is 0 Å². The summed E-state index contributed by atoms with van der Waals surface area (Å²) in [6, 6.07) is 6.19. The smallest absolute Gasteiger partial charge is 0.239 e. The van der Waals surface area contributed by atoms with Crippen molar-refractivity contribution in [2.24, 2.45) is 5.73 Å². The summed E-state index contributed by atoms with van der Waals surface area (Å²) in [6.45, 7) is 1.49. The molecule has 0 radical (unpaired) electrons. The summed E-state index contributed by atoms with van der Waals surface area (Å²) in [5.41, 5.74) is 5.64. The van der Waals surface area contributed by atoms with E-state index in [1.807, 2.05) is 0 Å². The molecule has 1 rings (SSSR count). The molecule has 0 saturated carbocycles. The van der Waals surface area contributed by atoms with Crippen molar-refractivity contribution in [1.29, 1.82) is 0 Å². The predicted molar refractivity (Wildman–Crippen MR) is 69.8 cm³/mol. The minimum atomic E-state index is -0.392. The molecule has 0 aliphatic heterocycles. The fourth-order valence-electron chi connectivity index (χ4n) is 1.62. The number of amides is 2. The van der Waals surface area contributed by atoms with Crippen LogP contribution in [0.4, 0.5) is 4.39 Å². The second kappa shape index (κ2) is 7.48. The van der Waals surface area contributed by atoms with Crippen LogP contribution in [0.1, 0.15) is 12.5 Å². The molecule has 6 heteroatoms. The first kappa shape index (κ1) is 15.1. The van der Waals surface area contributed by atoms with E-state index >= 15 is 0 Å². The van der Waals surface area contributed by atoms with E-state index in [0.29, 0.717) is 12.0 Å². The first-order chi connectivity index (χ1) is 9.02. The van der Waals surface area contributed by atoms with Crippen LogP contribution in [-0.2, 0) is 16.0 Å². The Balaban J connectivity index is 2.39. The first-order valence-corrected chi connectivity index (χ1v) is 6.02. The number of rotatable bonds is 6. The standard InChI is InChI=1S/C13H18FN3O2/c1-9(6-10-4-2-3-5-11(10)14)17-13(19)8-16-12(18)7-15/h2-5,9H,6-8,15H2,1H3,(H,16,18)(H,17,19). The molecule has 2 amide bonds. The molecule has 0 aliphatic rings. The van der Waals surface area contributed by atoms with Crippen LogP contribution in [0.3, 0.4) is 0 Å². The number of halogens is 1. The van der Waals surface area contributed by atoms with Gasteiger partial charge in [0, 0.05) is 6.04 Å². The number of nitrogens with one attached hydrogen (secondary N) is 2. The largest absolute Gasteiger partial charge is 0.352 e. The lowest BCUT2D eigenvalue weighted by Crippen LogP contribution is -2.43. The number of hydrogen-bond acceptors (Lipinski definition) is 3. The number of hydrogen-bond donors (Lipinski definition) is 3. The summed E-state index contributed by atoms with van der Waals surface area (Å²) >= 11 is 0. The van der Waals surface area contributed by atoms with Crippen LogP contribution in [0.5, 0.6) is 0 Å². The molecule has 1 aromatic carbocycles. The molecule has 0 aliphatic carbocycles. The monoisotopic (exact) mass is 267 g/mol. The van der Waals surface area contributed by atoms with Gasteiger partial charge in [-0.3, -0.25) is 9.59 Å². The molecule has 5 nitrogen and oxygen atoms in total. The van der Waals surface area contributed by atoms with Gasteiger partial charge < -0.3 is 16.4 Å². The van der Waals surface area contributed by atoms with E-state index in [-0.39, 0.29) is 30.9 Å². The van der Waals surface area contributed by atoms with Crippen molar-refractivity contribution in [3.05, 3.63) is 35.6 Å². The van der Waals surface area contributed by atoms with Gasteiger partial charge >= 0.3 is 0 Å². The Morgan fingerprint density at radius 3 is 2.63 bits per heavy atom. The van der Waals surface area contributed by atoms with E-state index in [4.69, 9.17) is 5.73 Å². The highest BCUT2D eigenvalue weighted by Gasteiger charge is 2.11. The minimum absolute atomic E-state index is 0.127. The van der Waals surface area contributed by atoms with E-state index in [9.17, 15) is 14.0 Å². The summed E-state index contributed by atoms with van der Waals surface area (Å²) < 4.78 is 13.4. The second-order valence-electron chi connectivity index (χ2n) is 4.24. The number of benzene rings is 1. The Kier molecular flexibility index (Phi) is 5.95. The summed E-state index contributed by atoms with van der Waals surface area (Å²) in [6.07, 6.45) is 0.392. The Hall–Kier alpha value is -1.95. The lowest BCUT2D eigenvalue weighted by atomic mass is 10.1. The van der Waals surface area contributed by atoms with Crippen LogP contribution in [0, 0.1) is 5.82 Å². The third-order valence-corrected chi connectivity index (χ3v) is 2.52. The number of carbonyl (C=O) groups is 2. The van der Waals surface area contributed by atoms with Gasteiger partial charge in [-0.2, -0.15) is 0 Å². The molecular weight excluding hydrogens is 249 g/mol. The van der Waals surface area contributed by atoms with Gasteiger partial charge in [-0.15, -0.1) is 0 Å². The van der Waals surface area contributed by atoms with Crippen LogP contribution >= 0.6 is 0 Å². The van der Waals surface area contributed by atoms with Crippen LogP contribution in [0.25, 0.3) is 0 Å². The molecule has 0 aromatic heterocycles. The predicted octanol–water partition coefficient (Wildman–Crippen LogP) is -0.0522. The molecule has 1 unspecified atom stereocenters. The van der Waals surface area contributed by atoms with Crippen LogP contribution in [-0.4, -0.2) is 30.9 Å². The third kappa shape index (κ3) is 5.48. The normalized spacial score (nSPS) is 11.7. The summed E-state index contributed by atoms with van der Waals surface area (Å²) in [7, 11) is 0. The first-order valence-electron chi connectivity index (χ1n) is 6.02. The number of nitrogens with two attached hydrogens (primary N) is 1. The maximum atomic E-state index is 13.4. The van der Waals surface area contributed by atoms with Crippen molar-refractivity contribution >= 4 is 11.8 Å². The van der Waals surface area contributed by atoms with Crippen LogP contribution in [0.2, 0.25) is 0 Å².